The van der Waals surface area contributed by atoms with Gasteiger partial charge in [-0.25, -0.2) is 0 Å². The van der Waals surface area contributed by atoms with Gasteiger partial charge in [0.25, 0.3) is 0 Å². The number of rotatable bonds is 9. The average molecular weight is 430 g/mol. The molecule has 31 heavy (non-hydrogen) atoms. The Bertz CT molecular complexity index is 911. The summed E-state index contributed by atoms with van der Waals surface area (Å²) in [6.07, 6.45) is 0. The van der Waals surface area contributed by atoms with Crippen LogP contribution in [0, 0.1) is 0 Å². The Labute approximate surface area is 194 Å². The fourth-order valence-electron chi connectivity index (χ4n) is 3.27. The lowest BCUT2D eigenvalue weighted by atomic mass is 9.83. The van der Waals surface area contributed by atoms with E-state index in [1.165, 1.54) is 16.7 Å². The topological polar surface area (TPSA) is 21.3 Å². The van der Waals surface area contributed by atoms with Crippen LogP contribution in [0.15, 0.2) is 84.9 Å². The van der Waals surface area contributed by atoms with Gasteiger partial charge in [-0.2, -0.15) is 12.6 Å². The predicted molar refractivity (Wildman–Crippen MR) is 136 cm³/mol. The number of hydrogen-bond donors (Lipinski definition) is 2. The Morgan fingerprint density at radius 2 is 1.23 bits per heavy atom. The molecule has 0 amide bonds. The Morgan fingerprint density at radius 1 is 0.742 bits per heavy atom. The molecule has 3 aromatic rings. The minimum absolute atomic E-state index is 0.243. The maximum Gasteiger partial charge on any atom is 0.330 e. The van der Waals surface area contributed by atoms with Crippen LogP contribution in [0.4, 0.5) is 0 Å². The van der Waals surface area contributed by atoms with E-state index in [1.54, 1.807) is 0 Å². The molecule has 0 aliphatic heterocycles. The van der Waals surface area contributed by atoms with E-state index in [4.69, 9.17) is 4.65 Å². The molecule has 0 aliphatic rings. The van der Waals surface area contributed by atoms with Gasteiger partial charge in [0.15, 0.2) is 0 Å². The molecule has 0 heterocycles. The van der Waals surface area contributed by atoms with E-state index in [-0.39, 0.29) is 15.9 Å². The van der Waals surface area contributed by atoms with Gasteiger partial charge in [-0.1, -0.05) is 90.4 Å². The van der Waals surface area contributed by atoms with Crippen molar-refractivity contribution < 1.29 is 4.65 Å². The first-order chi connectivity index (χ1) is 14.6. The monoisotopic (exact) mass is 430 g/mol. The molecule has 0 aromatic heterocycles. The summed E-state index contributed by atoms with van der Waals surface area (Å²) in [5.74, 6) is 0. The molecule has 4 heteroatoms. The molecular weight excluding hydrogens is 397 g/mol. The van der Waals surface area contributed by atoms with Gasteiger partial charge in [-0.05, 0) is 51.3 Å². The highest BCUT2D eigenvalue weighted by Gasteiger charge is 2.34. The Balaban J connectivity index is 1.70. The average Bonchev–Trinajstić information content (AvgIpc) is 2.77. The van der Waals surface area contributed by atoms with Crippen LogP contribution < -0.4 is 10.8 Å². The second-order valence-corrected chi connectivity index (χ2v) is 10.4. The third kappa shape index (κ3) is 5.82. The van der Waals surface area contributed by atoms with Crippen molar-refractivity contribution in [3.8, 4) is 0 Å². The SMILES string of the molecule is CC(NCc1ccc([B]OC(C)(C)C(C)(C)S)cc1)(c1ccccc1)c1ccccc1. The molecule has 3 rings (SSSR count). The second-order valence-electron chi connectivity index (χ2n) is 9.26. The predicted octanol–water partition coefficient (Wildman–Crippen LogP) is 5.49. The molecule has 0 fully saturated rings. The number of nitrogens with one attached hydrogen (secondary N) is 1. The van der Waals surface area contributed by atoms with Crippen LogP contribution in [0.5, 0.6) is 0 Å². The van der Waals surface area contributed by atoms with Gasteiger partial charge in [0.05, 0.1) is 11.1 Å². The van der Waals surface area contributed by atoms with Crippen LogP contribution >= 0.6 is 12.6 Å². The lowest BCUT2D eigenvalue weighted by Crippen LogP contribution is -2.45. The van der Waals surface area contributed by atoms with Crippen LogP contribution in [0.3, 0.4) is 0 Å². The third-order valence-corrected chi connectivity index (χ3v) is 6.83. The highest BCUT2D eigenvalue weighted by molar-refractivity contribution is 7.81. The largest absolute Gasteiger partial charge is 0.428 e. The van der Waals surface area contributed by atoms with Crippen molar-refractivity contribution >= 4 is 25.6 Å². The van der Waals surface area contributed by atoms with Gasteiger partial charge in [0.1, 0.15) is 0 Å². The molecule has 0 atom stereocenters. The van der Waals surface area contributed by atoms with E-state index in [1.807, 2.05) is 7.48 Å². The number of hydrogen-bond acceptors (Lipinski definition) is 3. The summed E-state index contributed by atoms with van der Waals surface area (Å²) in [5.41, 5.74) is 4.11. The summed E-state index contributed by atoms with van der Waals surface area (Å²) in [4.78, 5) is 0. The zero-order valence-electron chi connectivity index (χ0n) is 19.2. The summed E-state index contributed by atoms with van der Waals surface area (Å²) in [6.45, 7) is 11.3. The van der Waals surface area contributed by atoms with Crippen LogP contribution in [0.2, 0.25) is 0 Å². The van der Waals surface area contributed by atoms with E-state index in [0.29, 0.717) is 0 Å². The third-order valence-electron chi connectivity index (χ3n) is 6.29. The first-order valence-electron chi connectivity index (χ1n) is 10.8. The van der Waals surface area contributed by atoms with Crippen LogP contribution in [0.1, 0.15) is 51.3 Å². The summed E-state index contributed by atoms with van der Waals surface area (Å²) in [7, 11) is 1.83. The zero-order chi connectivity index (χ0) is 22.5. The van der Waals surface area contributed by atoms with E-state index in [2.05, 4.69) is 137 Å². The molecular formula is C27H33BNOS. The maximum absolute atomic E-state index is 6.03. The smallest absolute Gasteiger partial charge is 0.330 e. The molecule has 0 spiro atoms. The van der Waals surface area contributed by atoms with Crippen LogP contribution in [-0.2, 0) is 16.7 Å². The van der Waals surface area contributed by atoms with Crippen molar-refractivity contribution in [3.05, 3.63) is 102 Å². The molecule has 0 aliphatic carbocycles. The van der Waals surface area contributed by atoms with Gasteiger partial charge in [0, 0.05) is 11.3 Å². The fraction of sp³-hybridized carbons (Fsp3) is 0.333. The first-order valence-corrected chi connectivity index (χ1v) is 11.2. The fourth-order valence-corrected chi connectivity index (χ4v) is 3.32. The molecule has 2 nitrogen and oxygen atoms in total. The molecule has 0 saturated carbocycles. The molecule has 161 valence electrons. The van der Waals surface area contributed by atoms with Crippen molar-refractivity contribution in [3.63, 3.8) is 0 Å². The Morgan fingerprint density at radius 3 is 1.68 bits per heavy atom. The minimum atomic E-state index is -0.372. The van der Waals surface area contributed by atoms with E-state index >= 15 is 0 Å². The van der Waals surface area contributed by atoms with E-state index in [0.717, 1.165) is 12.0 Å². The van der Waals surface area contributed by atoms with E-state index < -0.39 is 0 Å². The second kappa shape index (κ2) is 9.64. The standard InChI is InChI=1S/C27H33BNOS/c1-25(2,26(3,4)31)30-28-24-18-16-21(17-19-24)20-29-27(5,22-12-8-6-9-13-22)23-14-10-7-11-15-23/h6-19,29,31H,20H2,1-5H3. The summed E-state index contributed by atoms with van der Waals surface area (Å²) >= 11 is 4.66. The molecule has 1 radical (unpaired) electrons. The molecule has 0 bridgehead atoms. The van der Waals surface area contributed by atoms with Crippen molar-refractivity contribution in [1.82, 2.24) is 5.32 Å². The van der Waals surface area contributed by atoms with E-state index in [9.17, 15) is 0 Å². The minimum Gasteiger partial charge on any atom is -0.428 e. The lowest BCUT2D eigenvalue weighted by molar-refractivity contribution is 0.0854. The highest BCUT2D eigenvalue weighted by atomic mass is 32.1. The molecule has 0 saturated heterocycles. The number of thiol groups is 1. The lowest BCUT2D eigenvalue weighted by Gasteiger charge is -2.38. The molecule has 3 aromatic carbocycles. The van der Waals surface area contributed by atoms with Gasteiger partial charge in [0.2, 0.25) is 0 Å². The molecule has 1 N–H and O–H groups in total. The summed E-state index contributed by atoms with van der Waals surface area (Å²) in [6, 6.07) is 29.7. The number of benzene rings is 3. The van der Waals surface area contributed by atoms with Crippen molar-refractivity contribution in [2.24, 2.45) is 0 Å². The zero-order valence-corrected chi connectivity index (χ0v) is 20.1. The Kier molecular flexibility index (Phi) is 7.36. The van der Waals surface area contributed by atoms with Crippen molar-refractivity contribution in [1.29, 1.82) is 0 Å². The normalized spacial score (nSPS) is 12.6. The van der Waals surface area contributed by atoms with Gasteiger partial charge >= 0.3 is 7.48 Å². The maximum atomic E-state index is 6.03. The van der Waals surface area contributed by atoms with Gasteiger partial charge in [-0.3, -0.25) is 5.32 Å². The Hall–Kier alpha value is -2.01. The molecule has 0 unspecified atom stereocenters. The summed E-state index contributed by atoms with van der Waals surface area (Å²) in [5, 5.41) is 3.79. The van der Waals surface area contributed by atoms with Gasteiger partial charge < -0.3 is 4.65 Å². The first kappa shape index (κ1) is 23.7. The van der Waals surface area contributed by atoms with Crippen LogP contribution in [-0.4, -0.2) is 17.8 Å². The van der Waals surface area contributed by atoms with Crippen LogP contribution in [0.25, 0.3) is 0 Å². The summed E-state index contributed by atoms with van der Waals surface area (Å²) < 4.78 is 5.79. The quantitative estimate of drug-likeness (QED) is 0.346. The highest BCUT2D eigenvalue weighted by Crippen LogP contribution is 2.31. The van der Waals surface area contributed by atoms with Gasteiger partial charge in [-0.15, -0.1) is 0 Å². The van der Waals surface area contributed by atoms with Crippen molar-refractivity contribution in [2.45, 2.75) is 57.1 Å². The van der Waals surface area contributed by atoms with Crippen molar-refractivity contribution in [2.75, 3.05) is 0 Å².